The number of hydrogen-bond acceptors (Lipinski definition) is 3. The van der Waals surface area contributed by atoms with Crippen LogP contribution in [0.1, 0.15) is 24.8 Å². The van der Waals surface area contributed by atoms with Gasteiger partial charge in [0, 0.05) is 25.3 Å². The van der Waals surface area contributed by atoms with Gasteiger partial charge < -0.3 is 4.90 Å². The predicted octanol–water partition coefficient (Wildman–Crippen LogP) is 3.29. The monoisotopic (exact) mass is 348 g/mol. The van der Waals surface area contributed by atoms with Crippen LogP contribution in [0.2, 0.25) is 0 Å². The van der Waals surface area contributed by atoms with E-state index in [0.717, 1.165) is 30.8 Å². The van der Waals surface area contributed by atoms with Gasteiger partial charge in [0.05, 0.1) is 4.90 Å². The molecule has 0 saturated carbocycles. The normalized spacial score (nSPS) is 15.5. The second-order valence-corrected chi connectivity index (χ2v) is 7.76. The van der Waals surface area contributed by atoms with Crippen molar-refractivity contribution >= 4 is 15.7 Å². The summed E-state index contributed by atoms with van der Waals surface area (Å²) in [5.41, 5.74) is 2.07. The standard InChI is InChI=1S/C18H21FN2O2S/c19-16-6-10-18(11-7-16)24(22,23)20-14-15-4-8-17(9-5-15)21-12-2-1-3-13-21/h4-11,20H,1-3,12-14H2. The lowest BCUT2D eigenvalue weighted by Crippen LogP contribution is -2.29. The van der Waals surface area contributed by atoms with Gasteiger partial charge in [0.1, 0.15) is 5.82 Å². The zero-order valence-electron chi connectivity index (χ0n) is 13.4. The molecule has 3 rings (SSSR count). The summed E-state index contributed by atoms with van der Waals surface area (Å²) >= 11 is 0. The van der Waals surface area contributed by atoms with Gasteiger partial charge in [-0.25, -0.2) is 17.5 Å². The predicted molar refractivity (Wildman–Crippen MR) is 92.9 cm³/mol. The van der Waals surface area contributed by atoms with Crippen LogP contribution in [0, 0.1) is 5.82 Å². The van der Waals surface area contributed by atoms with Gasteiger partial charge in [0.15, 0.2) is 0 Å². The van der Waals surface area contributed by atoms with Gasteiger partial charge in [0.25, 0.3) is 0 Å². The lowest BCUT2D eigenvalue weighted by molar-refractivity contribution is 0.577. The van der Waals surface area contributed by atoms with Crippen molar-refractivity contribution in [3.63, 3.8) is 0 Å². The van der Waals surface area contributed by atoms with Crippen molar-refractivity contribution < 1.29 is 12.8 Å². The number of rotatable bonds is 5. The van der Waals surface area contributed by atoms with Gasteiger partial charge in [-0.15, -0.1) is 0 Å². The molecular formula is C18H21FN2O2S. The Morgan fingerprint density at radius 2 is 1.54 bits per heavy atom. The molecule has 0 unspecified atom stereocenters. The first-order valence-electron chi connectivity index (χ1n) is 8.14. The van der Waals surface area contributed by atoms with Crippen LogP contribution in [0.25, 0.3) is 0 Å². The molecule has 0 spiro atoms. The van der Waals surface area contributed by atoms with Crippen molar-refractivity contribution in [1.29, 1.82) is 0 Å². The molecule has 6 heteroatoms. The summed E-state index contributed by atoms with van der Waals surface area (Å²) in [6, 6.07) is 12.8. The Morgan fingerprint density at radius 3 is 2.17 bits per heavy atom. The number of sulfonamides is 1. The number of benzene rings is 2. The summed E-state index contributed by atoms with van der Waals surface area (Å²) < 4.78 is 39.8. The molecular weight excluding hydrogens is 327 g/mol. The van der Waals surface area contributed by atoms with Crippen LogP contribution in [0.4, 0.5) is 10.1 Å². The topological polar surface area (TPSA) is 49.4 Å². The Bertz CT molecular complexity index is 768. The molecule has 1 fully saturated rings. The number of piperidine rings is 1. The summed E-state index contributed by atoms with van der Waals surface area (Å²) in [6.45, 7) is 2.37. The molecule has 1 N–H and O–H groups in total. The third-order valence-corrected chi connectivity index (χ3v) is 5.66. The second kappa shape index (κ2) is 7.32. The van der Waals surface area contributed by atoms with Gasteiger partial charge in [-0.2, -0.15) is 0 Å². The second-order valence-electron chi connectivity index (χ2n) is 5.99. The highest BCUT2D eigenvalue weighted by molar-refractivity contribution is 7.89. The molecule has 1 heterocycles. The zero-order valence-corrected chi connectivity index (χ0v) is 14.2. The molecule has 1 saturated heterocycles. The van der Waals surface area contributed by atoms with E-state index in [2.05, 4.69) is 9.62 Å². The van der Waals surface area contributed by atoms with Crippen molar-refractivity contribution in [2.24, 2.45) is 0 Å². The van der Waals surface area contributed by atoms with Gasteiger partial charge >= 0.3 is 0 Å². The van der Waals surface area contributed by atoms with Crippen LogP contribution >= 0.6 is 0 Å². The molecule has 2 aromatic rings. The van der Waals surface area contributed by atoms with Gasteiger partial charge in [-0.05, 0) is 61.2 Å². The number of halogens is 1. The highest BCUT2D eigenvalue weighted by Gasteiger charge is 2.14. The Hall–Kier alpha value is -1.92. The first kappa shape index (κ1) is 16.9. The Morgan fingerprint density at radius 1 is 0.917 bits per heavy atom. The van der Waals surface area contributed by atoms with E-state index in [1.807, 2.05) is 24.3 Å². The minimum atomic E-state index is -3.63. The molecule has 0 atom stereocenters. The SMILES string of the molecule is O=S(=O)(NCc1ccc(N2CCCCC2)cc1)c1ccc(F)cc1. The molecule has 0 aliphatic carbocycles. The smallest absolute Gasteiger partial charge is 0.240 e. The minimum absolute atomic E-state index is 0.0637. The third-order valence-electron chi connectivity index (χ3n) is 4.25. The Labute approximate surface area is 142 Å². The molecule has 0 bridgehead atoms. The average molecular weight is 348 g/mol. The van der Waals surface area contributed by atoms with E-state index in [4.69, 9.17) is 0 Å². The molecule has 1 aliphatic rings. The van der Waals surface area contributed by atoms with Crippen LogP contribution in [0.5, 0.6) is 0 Å². The minimum Gasteiger partial charge on any atom is -0.372 e. The molecule has 0 radical (unpaired) electrons. The van der Waals surface area contributed by atoms with E-state index >= 15 is 0 Å². The summed E-state index contributed by atoms with van der Waals surface area (Å²) in [7, 11) is -3.63. The first-order valence-corrected chi connectivity index (χ1v) is 9.62. The highest BCUT2D eigenvalue weighted by atomic mass is 32.2. The average Bonchev–Trinajstić information content (AvgIpc) is 2.62. The fraction of sp³-hybridized carbons (Fsp3) is 0.333. The van der Waals surface area contributed by atoms with E-state index in [9.17, 15) is 12.8 Å². The van der Waals surface area contributed by atoms with Crippen molar-refractivity contribution in [2.75, 3.05) is 18.0 Å². The van der Waals surface area contributed by atoms with E-state index < -0.39 is 15.8 Å². The van der Waals surface area contributed by atoms with Crippen LogP contribution in [-0.4, -0.2) is 21.5 Å². The van der Waals surface area contributed by atoms with Crippen molar-refractivity contribution in [3.8, 4) is 0 Å². The zero-order chi connectivity index (χ0) is 17.0. The number of nitrogens with one attached hydrogen (secondary N) is 1. The molecule has 128 valence electrons. The first-order chi connectivity index (χ1) is 11.5. The fourth-order valence-corrected chi connectivity index (χ4v) is 3.87. The van der Waals surface area contributed by atoms with Gasteiger partial charge in [-0.3, -0.25) is 0 Å². The quantitative estimate of drug-likeness (QED) is 0.902. The van der Waals surface area contributed by atoms with Gasteiger partial charge in [0.2, 0.25) is 10.0 Å². The highest BCUT2D eigenvalue weighted by Crippen LogP contribution is 2.20. The van der Waals surface area contributed by atoms with E-state index in [-0.39, 0.29) is 11.4 Å². The third kappa shape index (κ3) is 4.13. The summed E-state index contributed by atoms with van der Waals surface area (Å²) in [4.78, 5) is 2.42. The molecule has 4 nitrogen and oxygen atoms in total. The fourth-order valence-electron chi connectivity index (χ4n) is 2.85. The van der Waals surface area contributed by atoms with Crippen molar-refractivity contribution in [1.82, 2.24) is 4.72 Å². The van der Waals surface area contributed by atoms with E-state index in [1.54, 1.807) is 0 Å². The number of anilines is 1. The van der Waals surface area contributed by atoms with E-state index in [1.165, 1.54) is 37.1 Å². The lowest BCUT2D eigenvalue weighted by Gasteiger charge is -2.28. The Balaban J connectivity index is 1.62. The van der Waals surface area contributed by atoms with Crippen LogP contribution < -0.4 is 9.62 Å². The number of nitrogens with zero attached hydrogens (tertiary/aromatic N) is 1. The van der Waals surface area contributed by atoms with Crippen LogP contribution in [-0.2, 0) is 16.6 Å². The maximum atomic E-state index is 12.9. The maximum absolute atomic E-state index is 12.9. The van der Waals surface area contributed by atoms with Crippen molar-refractivity contribution in [2.45, 2.75) is 30.7 Å². The van der Waals surface area contributed by atoms with Crippen molar-refractivity contribution in [3.05, 3.63) is 59.9 Å². The Kier molecular flexibility index (Phi) is 5.16. The largest absolute Gasteiger partial charge is 0.372 e. The molecule has 0 amide bonds. The molecule has 24 heavy (non-hydrogen) atoms. The maximum Gasteiger partial charge on any atom is 0.240 e. The molecule has 1 aliphatic heterocycles. The van der Waals surface area contributed by atoms with Gasteiger partial charge in [-0.1, -0.05) is 12.1 Å². The lowest BCUT2D eigenvalue weighted by atomic mass is 10.1. The summed E-state index contributed by atoms with van der Waals surface area (Å²) in [5.74, 6) is -0.456. The molecule has 0 aromatic heterocycles. The summed E-state index contributed by atoms with van der Waals surface area (Å²) in [5, 5.41) is 0. The summed E-state index contributed by atoms with van der Waals surface area (Å²) in [6.07, 6.45) is 3.73. The van der Waals surface area contributed by atoms with E-state index in [0.29, 0.717) is 0 Å². The van der Waals surface area contributed by atoms with Crippen LogP contribution in [0.15, 0.2) is 53.4 Å². The molecule has 2 aromatic carbocycles. The number of hydrogen-bond donors (Lipinski definition) is 1. The van der Waals surface area contributed by atoms with Crippen LogP contribution in [0.3, 0.4) is 0 Å².